The zero-order valence-corrected chi connectivity index (χ0v) is 15.6. The maximum atomic E-state index is 14.4. The number of nitrogens with zero attached hydrogens (tertiary/aromatic N) is 2. The van der Waals surface area contributed by atoms with Gasteiger partial charge in [-0.2, -0.15) is 13.2 Å². The number of hydrogen-bond donors (Lipinski definition) is 1. The van der Waals surface area contributed by atoms with Crippen molar-refractivity contribution in [2.45, 2.75) is 50.0 Å². The summed E-state index contributed by atoms with van der Waals surface area (Å²) in [5.74, 6) is -2.13. The van der Waals surface area contributed by atoms with Crippen LogP contribution in [0.3, 0.4) is 0 Å². The summed E-state index contributed by atoms with van der Waals surface area (Å²) in [6, 6.07) is 0.431. The van der Waals surface area contributed by atoms with Crippen LogP contribution in [0, 0.1) is 11.8 Å². The third-order valence-corrected chi connectivity index (χ3v) is 6.28. The van der Waals surface area contributed by atoms with Crippen LogP contribution in [-0.4, -0.2) is 84.1 Å². The molecule has 4 aliphatic rings. The molecule has 0 aromatic heterocycles. The lowest BCUT2D eigenvalue weighted by molar-refractivity contribution is -0.192. The monoisotopic (exact) mass is 410 g/mol. The summed E-state index contributed by atoms with van der Waals surface area (Å²) in [5, 5.41) is 7.12. The molecular weight excluding hydrogens is 384 g/mol. The second-order valence-corrected chi connectivity index (χ2v) is 8.10. The lowest BCUT2D eigenvalue weighted by Gasteiger charge is -2.38. The number of carboxylic acids is 1. The minimum absolute atomic E-state index is 0.247. The van der Waals surface area contributed by atoms with E-state index in [9.17, 15) is 22.4 Å². The van der Waals surface area contributed by atoms with Gasteiger partial charge in [-0.15, -0.1) is 0 Å². The van der Waals surface area contributed by atoms with E-state index >= 15 is 0 Å². The molecule has 3 heterocycles. The molecule has 0 aromatic rings. The van der Waals surface area contributed by atoms with Gasteiger partial charge in [-0.25, -0.2) is 9.18 Å². The lowest BCUT2D eigenvalue weighted by Crippen LogP contribution is -2.50. The first-order valence-electron chi connectivity index (χ1n) is 9.72. The standard InChI is InChI=1S/C16H25FN2O2.C2HF3O2/c17-16(4-3-5-16)15(20)19-8-12-10-21-11-14(13(12)9-19)18-6-1-2-7-18;3-2(4,5)1(6)7/h12-14H,1-11H2;(H,6,7)/t12-,13-,14-;/m1./s1. The molecule has 1 amide bonds. The molecule has 28 heavy (non-hydrogen) atoms. The van der Waals surface area contributed by atoms with Crippen LogP contribution in [-0.2, 0) is 14.3 Å². The Morgan fingerprint density at radius 2 is 1.64 bits per heavy atom. The van der Waals surface area contributed by atoms with Crippen molar-refractivity contribution in [3.63, 3.8) is 0 Å². The van der Waals surface area contributed by atoms with E-state index in [1.165, 1.54) is 12.8 Å². The first-order chi connectivity index (χ1) is 13.1. The Morgan fingerprint density at radius 3 is 2.14 bits per heavy atom. The summed E-state index contributed by atoms with van der Waals surface area (Å²) in [4.78, 5) is 25.6. The Morgan fingerprint density at radius 1 is 1.04 bits per heavy atom. The van der Waals surface area contributed by atoms with Crippen molar-refractivity contribution in [1.82, 2.24) is 9.80 Å². The minimum atomic E-state index is -5.08. The van der Waals surface area contributed by atoms with Gasteiger partial charge in [-0.3, -0.25) is 9.69 Å². The van der Waals surface area contributed by atoms with Crippen LogP contribution in [0.5, 0.6) is 0 Å². The average molecular weight is 410 g/mol. The van der Waals surface area contributed by atoms with Crippen LogP contribution < -0.4 is 0 Å². The molecule has 1 saturated carbocycles. The van der Waals surface area contributed by atoms with Gasteiger partial charge in [0.25, 0.3) is 5.91 Å². The summed E-state index contributed by atoms with van der Waals surface area (Å²) in [7, 11) is 0. The number of hydrogen-bond acceptors (Lipinski definition) is 4. The summed E-state index contributed by atoms with van der Waals surface area (Å²) in [5.41, 5.74) is -1.54. The van der Waals surface area contributed by atoms with Crippen LogP contribution >= 0.6 is 0 Å². The summed E-state index contributed by atoms with van der Waals surface area (Å²) in [6.07, 6.45) is -0.857. The number of ether oxygens (including phenoxy) is 1. The van der Waals surface area contributed by atoms with Crippen molar-refractivity contribution in [2.75, 3.05) is 39.4 Å². The zero-order valence-electron chi connectivity index (χ0n) is 15.6. The fourth-order valence-electron chi connectivity index (χ4n) is 4.57. The van der Waals surface area contributed by atoms with Gasteiger partial charge in [0.15, 0.2) is 5.67 Å². The van der Waals surface area contributed by atoms with Gasteiger partial charge in [0.2, 0.25) is 0 Å². The highest BCUT2D eigenvalue weighted by Crippen LogP contribution is 2.41. The van der Waals surface area contributed by atoms with Crippen LogP contribution in [0.25, 0.3) is 0 Å². The van der Waals surface area contributed by atoms with Gasteiger partial charge in [0, 0.05) is 31.0 Å². The van der Waals surface area contributed by atoms with Crippen molar-refractivity contribution in [3.05, 3.63) is 0 Å². The molecular formula is C18H26F4N2O4. The molecule has 3 saturated heterocycles. The lowest BCUT2D eigenvalue weighted by atomic mass is 9.81. The largest absolute Gasteiger partial charge is 0.490 e. The second-order valence-electron chi connectivity index (χ2n) is 8.10. The van der Waals surface area contributed by atoms with E-state index in [4.69, 9.17) is 14.6 Å². The highest BCUT2D eigenvalue weighted by Gasteiger charge is 2.51. The SMILES string of the molecule is O=C(N1C[C@@H]2COC[C@@H](N3CCCC3)[C@@H]2C1)C1(F)CCC1.O=C(O)C(F)(F)F. The first-order valence-corrected chi connectivity index (χ1v) is 9.72. The van der Waals surface area contributed by atoms with Gasteiger partial charge in [-0.05, 0) is 45.2 Å². The molecule has 10 heteroatoms. The molecule has 6 nitrogen and oxygen atoms in total. The van der Waals surface area contributed by atoms with Crippen molar-refractivity contribution in [2.24, 2.45) is 11.8 Å². The number of aliphatic carboxylic acids is 1. The maximum absolute atomic E-state index is 14.4. The number of likely N-dealkylation sites (tertiary alicyclic amines) is 2. The number of fused-ring (bicyclic) bond motifs is 1. The van der Waals surface area contributed by atoms with Gasteiger partial charge < -0.3 is 14.7 Å². The summed E-state index contributed by atoms with van der Waals surface area (Å²) < 4.78 is 51.9. The van der Waals surface area contributed by atoms with Crippen LogP contribution in [0.1, 0.15) is 32.1 Å². The quantitative estimate of drug-likeness (QED) is 0.706. The number of amides is 1. The predicted octanol–water partition coefficient (Wildman–Crippen LogP) is 2.08. The molecule has 160 valence electrons. The Hall–Kier alpha value is -1.42. The molecule has 0 aromatic carbocycles. The number of carboxylic acid groups (broad SMARTS) is 1. The topological polar surface area (TPSA) is 70.1 Å². The molecule has 1 aliphatic carbocycles. The third kappa shape index (κ3) is 4.42. The summed E-state index contributed by atoms with van der Waals surface area (Å²) >= 11 is 0. The Balaban J connectivity index is 0.000000279. The highest BCUT2D eigenvalue weighted by atomic mass is 19.4. The predicted molar refractivity (Wildman–Crippen MR) is 90.4 cm³/mol. The van der Waals surface area contributed by atoms with E-state index in [1.54, 1.807) is 4.90 Å². The molecule has 0 radical (unpaired) electrons. The van der Waals surface area contributed by atoms with Crippen molar-refractivity contribution < 1.29 is 37.0 Å². The van der Waals surface area contributed by atoms with Crippen molar-refractivity contribution in [3.8, 4) is 0 Å². The van der Waals surface area contributed by atoms with Gasteiger partial charge in [-0.1, -0.05) is 0 Å². The van der Waals surface area contributed by atoms with Crippen molar-refractivity contribution >= 4 is 11.9 Å². The van der Waals surface area contributed by atoms with E-state index in [0.717, 1.165) is 39.3 Å². The molecule has 4 rings (SSSR count). The van der Waals surface area contributed by atoms with E-state index in [2.05, 4.69) is 4.90 Å². The molecule has 0 unspecified atom stereocenters. The van der Waals surface area contributed by atoms with Crippen LogP contribution in [0.4, 0.5) is 17.6 Å². The Kier molecular flexibility index (Phi) is 6.19. The molecule has 0 bridgehead atoms. The average Bonchev–Trinajstić information content (AvgIpc) is 3.27. The van der Waals surface area contributed by atoms with Crippen LogP contribution in [0.15, 0.2) is 0 Å². The number of rotatable bonds is 2. The molecule has 4 fully saturated rings. The smallest absolute Gasteiger partial charge is 0.475 e. The Labute approximate surface area is 160 Å². The summed E-state index contributed by atoms with van der Waals surface area (Å²) in [6.45, 7) is 5.25. The van der Waals surface area contributed by atoms with Gasteiger partial charge in [0.05, 0.1) is 13.2 Å². The van der Waals surface area contributed by atoms with E-state index in [1.807, 2.05) is 0 Å². The number of alkyl halides is 4. The van der Waals surface area contributed by atoms with Gasteiger partial charge >= 0.3 is 12.1 Å². The molecule has 3 atom stereocenters. The van der Waals surface area contributed by atoms with E-state index in [0.29, 0.717) is 37.3 Å². The van der Waals surface area contributed by atoms with Crippen LogP contribution in [0.2, 0.25) is 0 Å². The second kappa shape index (κ2) is 8.14. The van der Waals surface area contributed by atoms with Gasteiger partial charge in [0.1, 0.15) is 0 Å². The zero-order chi connectivity index (χ0) is 20.5. The highest BCUT2D eigenvalue weighted by molar-refractivity contribution is 5.86. The third-order valence-electron chi connectivity index (χ3n) is 6.28. The van der Waals surface area contributed by atoms with E-state index in [-0.39, 0.29) is 5.91 Å². The number of carbonyl (C=O) groups excluding carboxylic acids is 1. The first kappa shape index (κ1) is 21.3. The maximum Gasteiger partial charge on any atom is 0.490 e. The molecule has 0 spiro atoms. The fourth-order valence-corrected chi connectivity index (χ4v) is 4.57. The Bertz CT molecular complexity index is 591. The van der Waals surface area contributed by atoms with E-state index < -0.39 is 17.8 Å². The number of halogens is 4. The van der Waals surface area contributed by atoms with Crippen molar-refractivity contribution in [1.29, 1.82) is 0 Å². The normalized spacial score (nSPS) is 32.1. The molecule has 1 N–H and O–H groups in total. The minimum Gasteiger partial charge on any atom is -0.475 e. The fraction of sp³-hybridized carbons (Fsp3) is 0.889. The number of carbonyl (C=O) groups is 2. The molecule has 3 aliphatic heterocycles.